The van der Waals surface area contributed by atoms with Crippen molar-refractivity contribution in [2.45, 2.75) is 39.8 Å². The van der Waals surface area contributed by atoms with Crippen molar-refractivity contribution < 1.29 is 4.79 Å². The fraction of sp³-hybridized carbons (Fsp3) is 0.333. The fourth-order valence-corrected chi connectivity index (χ4v) is 3.02. The second kappa shape index (κ2) is 8.75. The van der Waals surface area contributed by atoms with Gasteiger partial charge < -0.3 is 15.2 Å². The third kappa shape index (κ3) is 4.61. The van der Waals surface area contributed by atoms with Crippen molar-refractivity contribution in [2.75, 3.05) is 6.54 Å². The minimum atomic E-state index is -0.261. The summed E-state index contributed by atoms with van der Waals surface area (Å²) in [5.74, 6) is 0.560. The third-order valence-electron chi connectivity index (χ3n) is 4.60. The number of allylic oxidation sites excluding steroid dienone is 4. The van der Waals surface area contributed by atoms with Gasteiger partial charge in [-0.1, -0.05) is 18.7 Å². The van der Waals surface area contributed by atoms with Gasteiger partial charge in [0.05, 0.1) is 0 Å². The Balaban J connectivity index is 1.61. The lowest BCUT2D eigenvalue weighted by Crippen LogP contribution is -2.26. The number of hydrogen-bond donors (Lipinski definition) is 2. The zero-order valence-corrected chi connectivity index (χ0v) is 16.6. The fourth-order valence-electron chi connectivity index (χ4n) is 3.02. The van der Waals surface area contributed by atoms with Crippen LogP contribution in [0.1, 0.15) is 54.3 Å². The van der Waals surface area contributed by atoms with E-state index in [-0.39, 0.29) is 11.9 Å². The maximum absolute atomic E-state index is 12.4. The molecule has 7 nitrogen and oxygen atoms in total. The molecule has 0 unspecified atom stereocenters. The number of carbonyl (C=O) groups is 1. The Morgan fingerprint density at radius 3 is 3.00 bits per heavy atom. The number of amides is 1. The highest BCUT2D eigenvalue weighted by Gasteiger charge is 2.14. The number of nitrogens with zero attached hydrogens (tertiary/aromatic N) is 4. The van der Waals surface area contributed by atoms with Gasteiger partial charge in [-0.05, 0) is 62.6 Å². The van der Waals surface area contributed by atoms with Crippen LogP contribution >= 0.6 is 0 Å². The van der Waals surface area contributed by atoms with E-state index in [1.54, 1.807) is 18.6 Å². The Labute approximate surface area is 165 Å². The molecule has 0 atom stereocenters. The molecule has 2 aromatic rings. The predicted molar refractivity (Wildman–Crippen MR) is 109 cm³/mol. The van der Waals surface area contributed by atoms with Crippen LogP contribution in [0.5, 0.6) is 0 Å². The lowest BCUT2D eigenvalue weighted by atomic mass is 10.0. The summed E-state index contributed by atoms with van der Waals surface area (Å²) in [5, 5.41) is 14.2. The molecular weight excluding hydrogens is 352 g/mol. The summed E-state index contributed by atoms with van der Waals surface area (Å²) >= 11 is 0. The molecule has 0 bridgehead atoms. The van der Waals surface area contributed by atoms with E-state index < -0.39 is 0 Å². The van der Waals surface area contributed by atoms with Crippen LogP contribution in [0.25, 0.3) is 5.57 Å². The van der Waals surface area contributed by atoms with Gasteiger partial charge in [0, 0.05) is 24.5 Å². The van der Waals surface area contributed by atoms with Gasteiger partial charge in [-0.2, -0.15) is 0 Å². The highest BCUT2D eigenvalue weighted by atomic mass is 16.1. The monoisotopic (exact) mass is 378 g/mol. The minimum Gasteiger partial charge on any atom is -0.321 e. The van der Waals surface area contributed by atoms with Gasteiger partial charge in [0.2, 0.25) is 0 Å². The molecule has 28 heavy (non-hydrogen) atoms. The molecule has 2 N–H and O–H groups in total. The van der Waals surface area contributed by atoms with E-state index in [1.165, 1.54) is 5.56 Å². The molecule has 146 valence electrons. The molecule has 0 spiro atoms. The first-order valence-electron chi connectivity index (χ1n) is 9.39. The standard InChI is InChI=1S/C21H26N6O/c1-14(2)27-13-24-26-20(27)15(3)6-5-7-16(4)25-21(28)19-10-18-11-22-9-8-17(18)12-23-19/h5-7,10,12-14,22H,4,8-9,11H2,1-3H3,(H,25,28)/b7-5-,15-6+. The van der Waals surface area contributed by atoms with Crippen molar-refractivity contribution in [1.29, 1.82) is 0 Å². The number of pyridine rings is 1. The van der Waals surface area contributed by atoms with Crippen LogP contribution in [-0.4, -0.2) is 32.2 Å². The molecule has 2 aromatic heterocycles. The maximum atomic E-state index is 12.4. The Morgan fingerprint density at radius 2 is 2.21 bits per heavy atom. The van der Waals surface area contributed by atoms with Gasteiger partial charge in [0.15, 0.2) is 5.82 Å². The predicted octanol–water partition coefficient (Wildman–Crippen LogP) is 2.80. The molecule has 1 amide bonds. The summed E-state index contributed by atoms with van der Waals surface area (Å²) in [7, 11) is 0. The molecule has 0 fully saturated rings. The van der Waals surface area contributed by atoms with Gasteiger partial charge in [0.1, 0.15) is 12.0 Å². The van der Waals surface area contributed by atoms with Gasteiger partial charge >= 0.3 is 0 Å². The van der Waals surface area contributed by atoms with E-state index in [9.17, 15) is 4.79 Å². The number of rotatable bonds is 6. The third-order valence-corrected chi connectivity index (χ3v) is 4.60. The number of nitrogens with one attached hydrogen (secondary N) is 2. The molecule has 0 saturated heterocycles. The normalized spacial score (nSPS) is 14.4. The van der Waals surface area contributed by atoms with Gasteiger partial charge in [0.25, 0.3) is 5.91 Å². The molecule has 3 rings (SSSR count). The summed E-state index contributed by atoms with van der Waals surface area (Å²) < 4.78 is 2.01. The minimum absolute atomic E-state index is 0.261. The van der Waals surface area contributed by atoms with Crippen LogP contribution < -0.4 is 10.6 Å². The zero-order valence-electron chi connectivity index (χ0n) is 16.6. The van der Waals surface area contributed by atoms with Gasteiger partial charge in [-0.25, -0.2) is 0 Å². The van der Waals surface area contributed by atoms with Crippen LogP contribution in [0.2, 0.25) is 0 Å². The lowest BCUT2D eigenvalue weighted by molar-refractivity contribution is 0.0962. The van der Waals surface area contributed by atoms with Crippen LogP contribution in [0.15, 0.2) is 49.1 Å². The van der Waals surface area contributed by atoms with E-state index in [0.717, 1.165) is 36.5 Å². The summed E-state index contributed by atoms with van der Waals surface area (Å²) in [6.07, 6.45) is 9.96. The van der Waals surface area contributed by atoms with Crippen molar-refractivity contribution in [1.82, 2.24) is 30.4 Å². The summed E-state index contributed by atoms with van der Waals surface area (Å²) in [4.78, 5) is 16.7. The molecule has 3 heterocycles. The van der Waals surface area contributed by atoms with Crippen molar-refractivity contribution in [3.05, 3.63) is 71.7 Å². The second-order valence-corrected chi connectivity index (χ2v) is 7.11. The SMILES string of the molecule is C=C(/C=C\C=C(/C)c1nncn1C(C)C)NC(=O)c1cc2c(cn1)CCNC2. The molecule has 0 radical (unpaired) electrons. The highest BCUT2D eigenvalue weighted by molar-refractivity contribution is 5.93. The molecule has 0 aliphatic carbocycles. The van der Waals surface area contributed by atoms with Crippen LogP contribution in [-0.2, 0) is 13.0 Å². The Morgan fingerprint density at radius 1 is 1.39 bits per heavy atom. The molecule has 1 aliphatic rings. The van der Waals surface area contributed by atoms with E-state index in [0.29, 0.717) is 11.4 Å². The average molecular weight is 378 g/mol. The molecule has 0 aromatic carbocycles. The largest absolute Gasteiger partial charge is 0.321 e. The van der Waals surface area contributed by atoms with Crippen LogP contribution in [0.4, 0.5) is 0 Å². The van der Waals surface area contributed by atoms with Gasteiger partial charge in [-0.15, -0.1) is 10.2 Å². The van der Waals surface area contributed by atoms with Crippen LogP contribution in [0, 0.1) is 0 Å². The van der Waals surface area contributed by atoms with Crippen LogP contribution in [0.3, 0.4) is 0 Å². The first-order valence-corrected chi connectivity index (χ1v) is 9.39. The van der Waals surface area contributed by atoms with E-state index in [4.69, 9.17) is 0 Å². The molecule has 1 aliphatic heterocycles. The van der Waals surface area contributed by atoms with E-state index >= 15 is 0 Å². The first-order chi connectivity index (χ1) is 13.5. The number of carbonyl (C=O) groups excluding carboxylic acids is 1. The van der Waals surface area contributed by atoms with E-state index in [2.05, 4.69) is 46.2 Å². The second-order valence-electron chi connectivity index (χ2n) is 7.11. The van der Waals surface area contributed by atoms with Crippen molar-refractivity contribution in [3.8, 4) is 0 Å². The highest BCUT2D eigenvalue weighted by Crippen LogP contribution is 2.16. The molecule has 7 heteroatoms. The van der Waals surface area contributed by atoms with Crippen molar-refractivity contribution in [2.24, 2.45) is 0 Å². The van der Waals surface area contributed by atoms with Crippen molar-refractivity contribution >= 4 is 11.5 Å². The summed E-state index contributed by atoms with van der Waals surface area (Å²) in [6, 6.07) is 2.13. The Hall–Kier alpha value is -3.06. The zero-order chi connectivity index (χ0) is 20.1. The lowest BCUT2D eigenvalue weighted by Gasteiger charge is -2.17. The first kappa shape index (κ1) is 19.7. The smallest absolute Gasteiger partial charge is 0.274 e. The Bertz CT molecular complexity index is 938. The number of aromatic nitrogens is 4. The van der Waals surface area contributed by atoms with Gasteiger partial charge in [-0.3, -0.25) is 9.78 Å². The van der Waals surface area contributed by atoms with E-state index in [1.807, 2.05) is 29.7 Å². The molecule has 0 saturated carbocycles. The summed E-state index contributed by atoms with van der Waals surface area (Å²) in [5.41, 5.74) is 4.19. The van der Waals surface area contributed by atoms with Crippen molar-refractivity contribution in [3.63, 3.8) is 0 Å². The number of hydrogen-bond acceptors (Lipinski definition) is 5. The quantitative estimate of drug-likeness (QED) is 0.755. The average Bonchev–Trinajstić information content (AvgIpc) is 3.18. The molecular formula is C21H26N6O. The Kier molecular flexibility index (Phi) is 6.16. The topological polar surface area (TPSA) is 84.7 Å². The maximum Gasteiger partial charge on any atom is 0.274 e. The summed E-state index contributed by atoms with van der Waals surface area (Å²) in [6.45, 7) is 11.7. The number of fused-ring (bicyclic) bond motifs is 1.